The van der Waals surface area contributed by atoms with Crippen molar-refractivity contribution in [2.24, 2.45) is 23.5 Å². The van der Waals surface area contributed by atoms with Gasteiger partial charge >= 0.3 is 0 Å². The van der Waals surface area contributed by atoms with Gasteiger partial charge in [0.15, 0.2) is 0 Å². The first kappa shape index (κ1) is 14.0. The Labute approximate surface area is 121 Å². The Morgan fingerprint density at radius 2 is 2.15 bits per heavy atom. The van der Waals surface area contributed by atoms with Gasteiger partial charge in [-0.1, -0.05) is 18.6 Å². The predicted molar refractivity (Wildman–Crippen MR) is 79.6 cm³/mol. The Morgan fingerprint density at radius 1 is 1.30 bits per heavy atom. The van der Waals surface area contributed by atoms with Crippen molar-refractivity contribution in [2.75, 3.05) is 13.6 Å². The van der Waals surface area contributed by atoms with E-state index in [1.807, 2.05) is 6.07 Å². The lowest BCUT2D eigenvalue weighted by Gasteiger charge is -2.27. The van der Waals surface area contributed by atoms with Gasteiger partial charge in [0.1, 0.15) is 5.82 Å². The minimum absolute atomic E-state index is 0.109. The van der Waals surface area contributed by atoms with Crippen LogP contribution < -0.4 is 5.73 Å². The summed E-state index contributed by atoms with van der Waals surface area (Å²) < 4.78 is 13.9. The highest BCUT2D eigenvalue weighted by molar-refractivity contribution is 5.25. The molecule has 2 nitrogen and oxygen atoms in total. The first-order valence-electron chi connectivity index (χ1n) is 7.81. The summed E-state index contributed by atoms with van der Waals surface area (Å²) in [5.41, 5.74) is 7.42. The van der Waals surface area contributed by atoms with Crippen molar-refractivity contribution in [1.29, 1.82) is 0 Å². The fraction of sp³-hybridized carbons (Fsp3) is 0.647. The van der Waals surface area contributed by atoms with E-state index in [-0.39, 0.29) is 5.82 Å². The van der Waals surface area contributed by atoms with Crippen molar-refractivity contribution in [1.82, 2.24) is 4.90 Å². The highest BCUT2D eigenvalue weighted by Gasteiger charge is 2.39. The van der Waals surface area contributed by atoms with Crippen LogP contribution in [0.4, 0.5) is 4.39 Å². The van der Waals surface area contributed by atoms with Crippen molar-refractivity contribution in [2.45, 2.75) is 38.8 Å². The molecule has 0 spiro atoms. The summed E-state index contributed by atoms with van der Waals surface area (Å²) in [4.78, 5) is 2.28. The number of hydrogen-bond acceptors (Lipinski definition) is 2. The van der Waals surface area contributed by atoms with Crippen LogP contribution in [-0.4, -0.2) is 18.5 Å². The molecule has 0 heterocycles. The molecule has 0 radical (unpaired) electrons. The average molecular weight is 276 g/mol. The number of nitrogens with two attached hydrogens (primary N) is 1. The lowest BCUT2D eigenvalue weighted by molar-refractivity contribution is 0.213. The van der Waals surface area contributed by atoms with Crippen LogP contribution in [0.1, 0.15) is 36.8 Å². The molecule has 2 N–H and O–H groups in total. The van der Waals surface area contributed by atoms with Crippen LogP contribution in [0, 0.1) is 23.6 Å². The van der Waals surface area contributed by atoms with Gasteiger partial charge in [-0.15, -0.1) is 0 Å². The zero-order valence-corrected chi connectivity index (χ0v) is 12.3. The molecule has 0 saturated heterocycles. The van der Waals surface area contributed by atoms with Gasteiger partial charge < -0.3 is 10.6 Å². The fourth-order valence-corrected chi connectivity index (χ4v) is 4.23. The van der Waals surface area contributed by atoms with E-state index in [0.29, 0.717) is 13.1 Å². The third-order valence-electron chi connectivity index (χ3n) is 5.22. The Hall–Kier alpha value is -0.930. The van der Waals surface area contributed by atoms with E-state index in [2.05, 4.69) is 11.9 Å². The van der Waals surface area contributed by atoms with Gasteiger partial charge in [0.05, 0.1) is 0 Å². The second-order valence-electron chi connectivity index (χ2n) is 6.76. The lowest BCUT2D eigenvalue weighted by atomic mass is 9.88. The molecular formula is C17H25FN2. The minimum atomic E-state index is -0.109. The Bertz CT molecular complexity index is 474. The molecule has 3 rings (SSSR count). The average Bonchev–Trinajstić information content (AvgIpc) is 3.03. The van der Waals surface area contributed by atoms with Gasteiger partial charge in [-0.3, -0.25) is 0 Å². The topological polar surface area (TPSA) is 29.3 Å². The van der Waals surface area contributed by atoms with Crippen LogP contribution in [0.25, 0.3) is 0 Å². The maximum absolute atomic E-state index is 13.9. The highest BCUT2D eigenvalue weighted by atomic mass is 19.1. The van der Waals surface area contributed by atoms with Crippen molar-refractivity contribution < 1.29 is 4.39 Å². The lowest BCUT2D eigenvalue weighted by Crippen LogP contribution is -2.28. The summed E-state index contributed by atoms with van der Waals surface area (Å²) in [6, 6.07) is 5.23. The monoisotopic (exact) mass is 276 g/mol. The SMILES string of the molecule is CN(Cc1cc(CN)ccc1F)CC1CC2CCC1C2. The second-order valence-corrected chi connectivity index (χ2v) is 6.76. The summed E-state index contributed by atoms with van der Waals surface area (Å²) in [5, 5.41) is 0. The molecule has 2 saturated carbocycles. The molecule has 0 aromatic heterocycles. The number of halogens is 1. The van der Waals surface area contributed by atoms with E-state index in [0.717, 1.165) is 35.4 Å². The van der Waals surface area contributed by atoms with Crippen LogP contribution in [0.15, 0.2) is 18.2 Å². The van der Waals surface area contributed by atoms with Crippen LogP contribution in [-0.2, 0) is 13.1 Å². The van der Waals surface area contributed by atoms with Crippen molar-refractivity contribution in [3.63, 3.8) is 0 Å². The summed E-state index contributed by atoms with van der Waals surface area (Å²) in [6.45, 7) is 2.27. The highest BCUT2D eigenvalue weighted by Crippen LogP contribution is 2.48. The van der Waals surface area contributed by atoms with Crippen LogP contribution in [0.2, 0.25) is 0 Å². The van der Waals surface area contributed by atoms with E-state index in [9.17, 15) is 4.39 Å². The first-order valence-corrected chi connectivity index (χ1v) is 7.81. The summed E-state index contributed by atoms with van der Waals surface area (Å²) in [5.74, 6) is 2.64. The molecule has 2 fully saturated rings. The molecule has 1 aromatic rings. The summed E-state index contributed by atoms with van der Waals surface area (Å²) in [7, 11) is 2.11. The van der Waals surface area contributed by atoms with E-state index >= 15 is 0 Å². The zero-order valence-electron chi connectivity index (χ0n) is 12.3. The van der Waals surface area contributed by atoms with Crippen LogP contribution in [0.3, 0.4) is 0 Å². The van der Waals surface area contributed by atoms with Gasteiger partial charge in [-0.2, -0.15) is 0 Å². The van der Waals surface area contributed by atoms with Crippen molar-refractivity contribution >= 4 is 0 Å². The molecule has 0 amide bonds. The quantitative estimate of drug-likeness (QED) is 0.895. The number of fused-ring (bicyclic) bond motifs is 2. The molecule has 3 heteroatoms. The third-order valence-corrected chi connectivity index (χ3v) is 5.22. The summed E-state index contributed by atoms with van der Waals surface area (Å²) >= 11 is 0. The smallest absolute Gasteiger partial charge is 0.127 e. The molecule has 2 aliphatic rings. The molecule has 2 aliphatic carbocycles. The molecule has 110 valence electrons. The van der Waals surface area contributed by atoms with Crippen molar-refractivity contribution in [3.8, 4) is 0 Å². The van der Waals surface area contributed by atoms with Crippen molar-refractivity contribution in [3.05, 3.63) is 35.1 Å². The standard InChI is InChI=1S/C17H25FN2/c1-20(10-15-7-12-2-4-14(15)6-12)11-16-8-13(9-19)3-5-17(16)18/h3,5,8,12,14-15H,2,4,6-7,9-11,19H2,1H3. The maximum Gasteiger partial charge on any atom is 0.127 e. The zero-order chi connectivity index (χ0) is 14.1. The Kier molecular flexibility index (Phi) is 4.08. The number of hydrogen-bond donors (Lipinski definition) is 1. The Balaban J connectivity index is 1.60. The van der Waals surface area contributed by atoms with E-state index in [4.69, 9.17) is 5.73 Å². The molecule has 0 aliphatic heterocycles. The fourth-order valence-electron chi connectivity index (χ4n) is 4.23. The molecule has 2 bridgehead atoms. The Morgan fingerprint density at radius 3 is 2.80 bits per heavy atom. The molecule has 3 unspecified atom stereocenters. The van der Waals surface area contributed by atoms with E-state index in [1.165, 1.54) is 25.7 Å². The normalized spacial score (nSPS) is 28.5. The minimum Gasteiger partial charge on any atom is -0.326 e. The van der Waals surface area contributed by atoms with E-state index < -0.39 is 0 Å². The van der Waals surface area contributed by atoms with Gasteiger partial charge in [-0.25, -0.2) is 4.39 Å². The molecular weight excluding hydrogens is 251 g/mol. The van der Waals surface area contributed by atoms with Gasteiger partial charge in [0.2, 0.25) is 0 Å². The number of rotatable bonds is 5. The molecule has 3 atom stereocenters. The predicted octanol–water partition coefficient (Wildman–Crippen LogP) is 3.15. The molecule has 1 aromatic carbocycles. The third kappa shape index (κ3) is 2.89. The van der Waals surface area contributed by atoms with E-state index in [1.54, 1.807) is 12.1 Å². The van der Waals surface area contributed by atoms with Crippen LogP contribution in [0.5, 0.6) is 0 Å². The number of nitrogens with zero attached hydrogens (tertiary/aromatic N) is 1. The van der Waals surface area contributed by atoms with Gasteiger partial charge in [-0.05, 0) is 55.7 Å². The van der Waals surface area contributed by atoms with Crippen LogP contribution >= 0.6 is 0 Å². The van der Waals surface area contributed by atoms with Gasteiger partial charge in [0.25, 0.3) is 0 Å². The van der Waals surface area contributed by atoms with Gasteiger partial charge in [0, 0.05) is 25.2 Å². The summed E-state index contributed by atoms with van der Waals surface area (Å²) in [6.07, 6.45) is 5.69. The maximum atomic E-state index is 13.9. The second kappa shape index (κ2) is 5.82. The first-order chi connectivity index (χ1) is 9.65. The number of benzene rings is 1. The molecule has 20 heavy (non-hydrogen) atoms. The largest absolute Gasteiger partial charge is 0.326 e.